The first-order chi connectivity index (χ1) is 8.45. The van der Waals surface area contributed by atoms with E-state index < -0.39 is 0 Å². The second kappa shape index (κ2) is 6.26. The molecule has 5 nitrogen and oxygen atoms in total. The molecular weight excluding hydrogens is 228 g/mol. The van der Waals surface area contributed by atoms with Gasteiger partial charge in [0.15, 0.2) is 5.84 Å². The normalized spacial score (nSPS) is 11.9. The summed E-state index contributed by atoms with van der Waals surface area (Å²) in [5.41, 5.74) is 8.58. The molecule has 0 aromatic heterocycles. The SMILES string of the molecule is Cc1ccc(C(N)=NO)c(N(C)CCN(C)C)c1. The van der Waals surface area contributed by atoms with Crippen LogP contribution in [-0.2, 0) is 0 Å². The highest BCUT2D eigenvalue weighted by atomic mass is 16.4. The molecule has 0 aliphatic rings. The number of hydrogen-bond donors (Lipinski definition) is 2. The quantitative estimate of drug-likeness (QED) is 0.355. The second-order valence-corrected chi connectivity index (χ2v) is 4.73. The monoisotopic (exact) mass is 250 g/mol. The van der Waals surface area contributed by atoms with Crippen LogP contribution in [0.1, 0.15) is 11.1 Å². The van der Waals surface area contributed by atoms with Crippen LogP contribution in [-0.4, -0.2) is 50.2 Å². The van der Waals surface area contributed by atoms with Crippen LogP contribution < -0.4 is 10.6 Å². The van der Waals surface area contributed by atoms with Gasteiger partial charge in [-0.3, -0.25) is 0 Å². The third-order valence-corrected chi connectivity index (χ3v) is 2.83. The molecule has 0 saturated heterocycles. The average Bonchev–Trinajstić information content (AvgIpc) is 2.34. The summed E-state index contributed by atoms with van der Waals surface area (Å²) in [5.74, 6) is 0.140. The first-order valence-corrected chi connectivity index (χ1v) is 5.90. The summed E-state index contributed by atoms with van der Waals surface area (Å²) < 4.78 is 0. The van der Waals surface area contributed by atoms with E-state index in [0.717, 1.165) is 29.9 Å². The van der Waals surface area contributed by atoms with E-state index >= 15 is 0 Å². The summed E-state index contributed by atoms with van der Waals surface area (Å²) in [7, 11) is 6.08. The van der Waals surface area contributed by atoms with Gasteiger partial charge in [-0.15, -0.1) is 0 Å². The van der Waals surface area contributed by atoms with Gasteiger partial charge in [-0.1, -0.05) is 11.2 Å². The molecule has 0 radical (unpaired) electrons. The first kappa shape index (κ1) is 14.3. The van der Waals surface area contributed by atoms with Crippen molar-refractivity contribution in [3.8, 4) is 0 Å². The Morgan fingerprint density at radius 2 is 1.94 bits per heavy atom. The standard InChI is InChI=1S/C13H22N4O/c1-10-5-6-11(13(14)15-18)12(9-10)17(4)8-7-16(2)3/h5-6,9,18H,7-8H2,1-4H3,(H2,14,15). The number of nitrogens with zero attached hydrogens (tertiary/aromatic N) is 3. The number of hydrogen-bond acceptors (Lipinski definition) is 4. The van der Waals surface area contributed by atoms with E-state index in [1.54, 1.807) is 0 Å². The molecule has 1 aromatic rings. The fraction of sp³-hybridized carbons (Fsp3) is 0.462. The van der Waals surface area contributed by atoms with E-state index in [1.165, 1.54) is 0 Å². The van der Waals surface area contributed by atoms with Crippen LogP contribution in [0.15, 0.2) is 23.4 Å². The molecule has 0 unspecified atom stereocenters. The van der Waals surface area contributed by atoms with Crippen molar-refractivity contribution >= 4 is 11.5 Å². The smallest absolute Gasteiger partial charge is 0.172 e. The molecule has 0 bridgehead atoms. The van der Waals surface area contributed by atoms with Crippen molar-refractivity contribution in [2.24, 2.45) is 10.9 Å². The van der Waals surface area contributed by atoms with Crippen LogP contribution in [0.4, 0.5) is 5.69 Å². The average molecular weight is 250 g/mol. The highest BCUT2D eigenvalue weighted by Crippen LogP contribution is 2.21. The first-order valence-electron chi connectivity index (χ1n) is 5.90. The number of anilines is 1. The lowest BCUT2D eigenvalue weighted by atomic mass is 10.1. The minimum Gasteiger partial charge on any atom is -0.409 e. The number of amidine groups is 1. The predicted molar refractivity (Wildman–Crippen MR) is 75.5 cm³/mol. The maximum atomic E-state index is 8.82. The number of likely N-dealkylation sites (N-methyl/N-ethyl adjacent to an activating group) is 2. The van der Waals surface area contributed by atoms with Gasteiger partial charge in [0.1, 0.15) is 0 Å². The van der Waals surface area contributed by atoms with E-state index in [-0.39, 0.29) is 5.84 Å². The van der Waals surface area contributed by atoms with Crippen LogP contribution in [0.25, 0.3) is 0 Å². The third-order valence-electron chi connectivity index (χ3n) is 2.83. The van der Waals surface area contributed by atoms with E-state index in [9.17, 15) is 0 Å². The second-order valence-electron chi connectivity index (χ2n) is 4.73. The minimum atomic E-state index is 0.140. The summed E-state index contributed by atoms with van der Waals surface area (Å²) in [6.07, 6.45) is 0. The molecule has 100 valence electrons. The summed E-state index contributed by atoms with van der Waals surface area (Å²) >= 11 is 0. The Bertz CT molecular complexity index is 429. The molecule has 18 heavy (non-hydrogen) atoms. The molecule has 3 N–H and O–H groups in total. The lowest BCUT2D eigenvalue weighted by Gasteiger charge is -2.24. The van der Waals surface area contributed by atoms with Gasteiger partial charge in [-0.2, -0.15) is 0 Å². The summed E-state index contributed by atoms with van der Waals surface area (Å²) in [6.45, 7) is 3.85. The van der Waals surface area contributed by atoms with Gasteiger partial charge in [0.05, 0.1) is 0 Å². The number of benzene rings is 1. The Balaban J connectivity index is 3.01. The Morgan fingerprint density at radius 3 is 2.50 bits per heavy atom. The molecule has 0 aliphatic heterocycles. The zero-order valence-corrected chi connectivity index (χ0v) is 11.5. The van der Waals surface area contributed by atoms with Crippen LogP contribution in [0, 0.1) is 6.92 Å². The molecule has 0 spiro atoms. The fourth-order valence-electron chi connectivity index (χ4n) is 1.70. The largest absolute Gasteiger partial charge is 0.409 e. The van der Waals surface area contributed by atoms with Gasteiger partial charge in [-0.25, -0.2) is 0 Å². The molecule has 0 aliphatic carbocycles. The topological polar surface area (TPSA) is 65.1 Å². The van der Waals surface area contributed by atoms with Crippen LogP contribution in [0.3, 0.4) is 0 Å². The Labute approximate surface area is 108 Å². The fourth-order valence-corrected chi connectivity index (χ4v) is 1.70. The zero-order valence-electron chi connectivity index (χ0n) is 11.5. The highest BCUT2D eigenvalue weighted by Gasteiger charge is 2.11. The van der Waals surface area contributed by atoms with Gasteiger partial charge in [-0.05, 0) is 38.7 Å². The van der Waals surface area contributed by atoms with Crippen LogP contribution in [0.2, 0.25) is 0 Å². The maximum absolute atomic E-state index is 8.82. The van der Waals surface area contributed by atoms with Crippen molar-refractivity contribution < 1.29 is 5.21 Å². The van der Waals surface area contributed by atoms with Crippen molar-refractivity contribution in [2.45, 2.75) is 6.92 Å². The summed E-state index contributed by atoms with van der Waals surface area (Å²) in [6, 6.07) is 5.88. The molecule has 1 aromatic carbocycles. The Morgan fingerprint density at radius 1 is 1.28 bits per heavy atom. The van der Waals surface area contributed by atoms with Gasteiger partial charge in [0.25, 0.3) is 0 Å². The molecule has 5 heteroatoms. The lowest BCUT2D eigenvalue weighted by molar-refractivity contribution is 0.318. The van der Waals surface area contributed by atoms with E-state index in [0.29, 0.717) is 0 Å². The van der Waals surface area contributed by atoms with Crippen LogP contribution in [0.5, 0.6) is 0 Å². The maximum Gasteiger partial charge on any atom is 0.172 e. The van der Waals surface area contributed by atoms with Crippen molar-refractivity contribution in [3.63, 3.8) is 0 Å². The number of nitrogens with two attached hydrogens (primary N) is 1. The van der Waals surface area contributed by atoms with E-state index in [2.05, 4.69) is 15.0 Å². The van der Waals surface area contributed by atoms with Crippen molar-refractivity contribution in [1.82, 2.24) is 4.90 Å². The predicted octanol–water partition coefficient (Wildman–Crippen LogP) is 1.09. The molecular formula is C13H22N4O. The summed E-state index contributed by atoms with van der Waals surface area (Å²) in [4.78, 5) is 4.23. The Kier molecular flexibility index (Phi) is 4.97. The van der Waals surface area contributed by atoms with Crippen molar-refractivity contribution in [1.29, 1.82) is 0 Å². The molecule has 0 amide bonds. The minimum absolute atomic E-state index is 0.140. The molecule has 0 heterocycles. The molecule has 1 rings (SSSR count). The van der Waals surface area contributed by atoms with Gasteiger partial charge in [0, 0.05) is 31.4 Å². The van der Waals surface area contributed by atoms with E-state index in [1.807, 2.05) is 46.3 Å². The Hall–Kier alpha value is -1.75. The zero-order chi connectivity index (χ0) is 13.7. The summed E-state index contributed by atoms with van der Waals surface area (Å²) in [5, 5.41) is 11.9. The van der Waals surface area contributed by atoms with E-state index in [4.69, 9.17) is 10.9 Å². The lowest BCUT2D eigenvalue weighted by Crippen LogP contribution is -2.30. The molecule has 0 atom stereocenters. The van der Waals surface area contributed by atoms with Crippen molar-refractivity contribution in [3.05, 3.63) is 29.3 Å². The highest BCUT2D eigenvalue weighted by molar-refractivity contribution is 6.02. The van der Waals surface area contributed by atoms with Gasteiger partial charge in [0.2, 0.25) is 0 Å². The third kappa shape index (κ3) is 3.63. The van der Waals surface area contributed by atoms with Gasteiger partial charge < -0.3 is 20.7 Å². The van der Waals surface area contributed by atoms with Crippen molar-refractivity contribution in [2.75, 3.05) is 39.1 Å². The molecule has 0 saturated carbocycles. The van der Waals surface area contributed by atoms with Crippen LogP contribution >= 0.6 is 0 Å². The number of aryl methyl sites for hydroxylation is 1. The number of rotatable bonds is 5. The molecule has 0 fully saturated rings. The van der Waals surface area contributed by atoms with Gasteiger partial charge >= 0.3 is 0 Å². The number of oxime groups is 1.